The van der Waals surface area contributed by atoms with Gasteiger partial charge in [0.2, 0.25) is 5.91 Å². The van der Waals surface area contributed by atoms with Crippen LogP contribution in [0.5, 0.6) is 0 Å². The van der Waals surface area contributed by atoms with Crippen LogP contribution in [0, 0.1) is 0 Å². The van der Waals surface area contributed by atoms with Crippen LogP contribution in [0.1, 0.15) is 32.8 Å². The molecule has 1 fully saturated rings. The Bertz CT molecular complexity index is 490. The molecular formula is C13H19ClN4O. The molecule has 19 heavy (non-hydrogen) atoms. The van der Waals surface area contributed by atoms with Gasteiger partial charge in [0.25, 0.3) is 0 Å². The van der Waals surface area contributed by atoms with Gasteiger partial charge < -0.3 is 10.2 Å². The standard InChI is InChI=1S/C13H19ClN4O/c1-4-5-9-10(14)16-8-17-11(9)18-7-6-15-12(19)13(18,2)3/h8H,4-7H2,1-3H3,(H,15,19). The van der Waals surface area contributed by atoms with E-state index in [-0.39, 0.29) is 5.91 Å². The van der Waals surface area contributed by atoms with E-state index in [0.717, 1.165) is 30.8 Å². The summed E-state index contributed by atoms with van der Waals surface area (Å²) in [5, 5.41) is 3.36. The summed E-state index contributed by atoms with van der Waals surface area (Å²) in [6, 6.07) is 0. The Kier molecular flexibility index (Phi) is 3.94. The van der Waals surface area contributed by atoms with Crippen LogP contribution in [0.3, 0.4) is 0 Å². The predicted octanol–water partition coefficient (Wildman–Crippen LogP) is 1.80. The summed E-state index contributed by atoms with van der Waals surface area (Å²) < 4.78 is 0. The Morgan fingerprint density at radius 1 is 1.47 bits per heavy atom. The van der Waals surface area contributed by atoms with Crippen LogP contribution in [0.2, 0.25) is 5.15 Å². The maximum absolute atomic E-state index is 12.0. The quantitative estimate of drug-likeness (QED) is 0.859. The lowest BCUT2D eigenvalue weighted by Gasteiger charge is -2.42. The maximum Gasteiger partial charge on any atom is 0.245 e. The van der Waals surface area contributed by atoms with Crippen molar-refractivity contribution < 1.29 is 4.79 Å². The highest BCUT2D eigenvalue weighted by molar-refractivity contribution is 6.30. The molecule has 1 aromatic heterocycles. The Hall–Kier alpha value is -1.36. The van der Waals surface area contributed by atoms with Gasteiger partial charge in [-0.15, -0.1) is 0 Å². The van der Waals surface area contributed by atoms with Crippen molar-refractivity contribution in [3.8, 4) is 0 Å². The first-order chi connectivity index (χ1) is 8.98. The second kappa shape index (κ2) is 5.33. The van der Waals surface area contributed by atoms with Gasteiger partial charge >= 0.3 is 0 Å². The molecule has 104 valence electrons. The maximum atomic E-state index is 12.0. The fraction of sp³-hybridized carbons (Fsp3) is 0.615. The van der Waals surface area contributed by atoms with E-state index in [4.69, 9.17) is 11.6 Å². The summed E-state index contributed by atoms with van der Waals surface area (Å²) in [5.74, 6) is 0.789. The Morgan fingerprint density at radius 3 is 2.89 bits per heavy atom. The van der Waals surface area contributed by atoms with Crippen molar-refractivity contribution in [1.29, 1.82) is 0 Å². The number of anilines is 1. The fourth-order valence-electron chi connectivity index (χ4n) is 2.35. The lowest BCUT2D eigenvalue weighted by atomic mass is 9.98. The minimum Gasteiger partial charge on any atom is -0.352 e. The zero-order valence-electron chi connectivity index (χ0n) is 11.5. The van der Waals surface area contributed by atoms with Crippen molar-refractivity contribution in [2.24, 2.45) is 0 Å². The summed E-state index contributed by atoms with van der Waals surface area (Å²) in [6.45, 7) is 7.22. The molecule has 0 atom stereocenters. The van der Waals surface area contributed by atoms with Crippen molar-refractivity contribution in [2.75, 3.05) is 18.0 Å². The molecule has 0 aromatic carbocycles. The van der Waals surface area contributed by atoms with E-state index < -0.39 is 5.54 Å². The zero-order chi connectivity index (χ0) is 14.0. The normalized spacial score (nSPS) is 18.3. The van der Waals surface area contributed by atoms with Crippen molar-refractivity contribution in [2.45, 2.75) is 39.2 Å². The fourth-order valence-corrected chi connectivity index (χ4v) is 2.57. The number of nitrogens with zero attached hydrogens (tertiary/aromatic N) is 3. The number of hydrogen-bond acceptors (Lipinski definition) is 4. The number of carbonyl (C=O) groups is 1. The largest absolute Gasteiger partial charge is 0.352 e. The molecule has 0 bridgehead atoms. The number of halogens is 1. The molecule has 1 saturated heterocycles. The smallest absolute Gasteiger partial charge is 0.245 e. The average molecular weight is 283 g/mol. The first-order valence-corrected chi connectivity index (χ1v) is 6.91. The van der Waals surface area contributed by atoms with E-state index in [0.29, 0.717) is 11.7 Å². The number of piperazine rings is 1. The molecule has 0 radical (unpaired) electrons. The molecule has 0 unspecified atom stereocenters. The van der Waals surface area contributed by atoms with Gasteiger partial charge in [-0.2, -0.15) is 0 Å². The lowest BCUT2D eigenvalue weighted by molar-refractivity contribution is -0.126. The first-order valence-electron chi connectivity index (χ1n) is 6.53. The van der Waals surface area contributed by atoms with E-state index in [1.165, 1.54) is 6.33 Å². The van der Waals surface area contributed by atoms with E-state index >= 15 is 0 Å². The molecule has 0 aliphatic carbocycles. The van der Waals surface area contributed by atoms with Crippen LogP contribution in [0.25, 0.3) is 0 Å². The van der Waals surface area contributed by atoms with E-state index in [1.807, 2.05) is 18.7 Å². The Labute approximate surface area is 118 Å². The van der Waals surface area contributed by atoms with Crippen molar-refractivity contribution in [3.05, 3.63) is 17.0 Å². The molecule has 1 amide bonds. The highest BCUT2D eigenvalue weighted by Gasteiger charge is 2.39. The number of carbonyl (C=O) groups excluding carboxylic acids is 1. The van der Waals surface area contributed by atoms with Gasteiger partial charge in [-0.05, 0) is 20.3 Å². The minimum absolute atomic E-state index is 0.0101. The molecule has 2 heterocycles. The Balaban J connectivity index is 2.46. The van der Waals surface area contributed by atoms with E-state index in [9.17, 15) is 4.79 Å². The van der Waals surface area contributed by atoms with Gasteiger partial charge in [0.1, 0.15) is 22.8 Å². The SMILES string of the molecule is CCCc1c(Cl)ncnc1N1CCNC(=O)C1(C)C. The van der Waals surface area contributed by atoms with E-state index in [1.54, 1.807) is 0 Å². The van der Waals surface area contributed by atoms with Crippen molar-refractivity contribution in [1.82, 2.24) is 15.3 Å². The third-order valence-corrected chi connectivity index (χ3v) is 3.80. The summed E-state index contributed by atoms with van der Waals surface area (Å²) >= 11 is 6.18. The van der Waals surface area contributed by atoms with Gasteiger partial charge in [0.15, 0.2) is 0 Å². The second-order valence-electron chi connectivity index (χ2n) is 5.18. The van der Waals surface area contributed by atoms with Gasteiger partial charge in [-0.3, -0.25) is 4.79 Å². The molecule has 1 aliphatic heterocycles. The topological polar surface area (TPSA) is 58.1 Å². The van der Waals surface area contributed by atoms with Crippen molar-refractivity contribution >= 4 is 23.3 Å². The van der Waals surface area contributed by atoms with Crippen LogP contribution in [-0.4, -0.2) is 34.5 Å². The van der Waals surface area contributed by atoms with Gasteiger partial charge in [0.05, 0.1) is 0 Å². The van der Waals surface area contributed by atoms with Crippen molar-refractivity contribution in [3.63, 3.8) is 0 Å². The third kappa shape index (κ3) is 2.52. The zero-order valence-corrected chi connectivity index (χ0v) is 12.3. The number of rotatable bonds is 3. The lowest BCUT2D eigenvalue weighted by Crippen LogP contribution is -2.62. The molecule has 6 heteroatoms. The minimum atomic E-state index is -0.627. The summed E-state index contributed by atoms with van der Waals surface area (Å²) in [6.07, 6.45) is 3.23. The molecule has 1 aromatic rings. The average Bonchev–Trinajstić information content (AvgIpc) is 2.36. The monoisotopic (exact) mass is 282 g/mol. The highest BCUT2D eigenvalue weighted by atomic mass is 35.5. The molecule has 5 nitrogen and oxygen atoms in total. The second-order valence-corrected chi connectivity index (χ2v) is 5.54. The highest BCUT2D eigenvalue weighted by Crippen LogP contribution is 2.30. The van der Waals surface area contributed by atoms with Gasteiger partial charge in [-0.25, -0.2) is 9.97 Å². The first kappa shape index (κ1) is 14.1. The van der Waals surface area contributed by atoms with Gasteiger partial charge in [-0.1, -0.05) is 24.9 Å². The summed E-state index contributed by atoms with van der Waals surface area (Å²) in [4.78, 5) is 22.5. The molecule has 0 saturated carbocycles. The Morgan fingerprint density at radius 2 is 2.21 bits per heavy atom. The van der Waals surface area contributed by atoms with Crippen LogP contribution < -0.4 is 10.2 Å². The predicted molar refractivity (Wildman–Crippen MR) is 75.5 cm³/mol. The molecule has 1 aliphatic rings. The number of hydrogen-bond donors (Lipinski definition) is 1. The van der Waals surface area contributed by atoms with Crippen LogP contribution in [-0.2, 0) is 11.2 Å². The van der Waals surface area contributed by atoms with Crippen LogP contribution >= 0.6 is 11.6 Å². The van der Waals surface area contributed by atoms with Crippen LogP contribution in [0.4, 0.5) is 5.82 Å². The third-order valence-electron chi connectivity index (χ3n) is 3.48. The molecule has 0 spiro atoms. The van der Waals surface area contributed by atoms with E-state index in [2.05, 4.69) is 22.2 Å². The van der Waals surface area contributed by atoms with Crippen LogP contribution in [0.15, 0.2) is 6.33 Å². The number of aromatic nitrogens is 2. The summed E-state index contributed by atoms with van der Waals surface area (Å²) in [7, 11) is 0. The molecular weight excluding hydrogens is 264 g/mol. The number of nitrogens with one attached hydrogen (secondary N) is 1. The number of amides is 1. The summed E-state index contributed by atoms with van der Waals surface area (Å²) in [5.41, 5.74) is 0.299. The van der Waals surface area contributed by atoms with Gasteiger partial charge in [0, 0.05) is 18.7 Å². The molecule has 1 N–H and O–H groups in total. The molecule has 2 rings (SSSR count).